The maximum absolute atomic E-state index is 9.27. The molecule has 2 rings (SSSR count). The summed E-state index contributed by atoms with van der Waals surface area (Å²) in [6.07, 6.45) is 4.67. The van der Waals surface area contributed by atoms with Crippen LogP contribution in [0.1, 0.15) is 17.7 Å². The molecule has 0 spiro atoms. The summed E-state index contributed by atoms with van der Waals surface area (Å²) in [5.41, 5.74) is 2.13. The van der Waals surface area contributed by atoms with Crippen molar-refractivity contribution in [3.8, 4) is 5.75 Å². The Kier molecular flexibility index (Phi) is 2.97. The fraction of sp³-hybridized carbons (Fsp3) is 0.273. The number of phenols is 1. The number of aromatic hydroxyl groups is 1. The minimum absolute atomic E-state index is 0.328. The summed E-state index contributed by atoms with van der Waals surface area (Å²) in [5, 5.41) is 19.5. The van der Waals surface area contributed by atoms with E-state index in [1.165, 1.54) is 0 Å². The molecule has 0 fully saturated rings. The first kappa shape index (κ1) is 9.71. The largest absolute Gasteiger partial charge is 0.508 e. The molecule has 2 N–H and O–H groups in total. The highest BCUT2D eigenvalue weighted by atomic mass is 16.3. The number of benzene rings is 1. The molecule has 0 bridgehead atoms. The lowest BCUT2D eigenvalue weighted by atomic mass is 10.1. The van der Waals surface area contributed by atoms with Gasteiger partial charge in [-0.25, -0.2) is 0 Å². The van der Waals surface area contributed by atoms with E-state index in [4.69, 9.17) is 0 Å². The van der Waals surface area contributed by atoms with E-state index < -0.39 is 0 Å². The van der Waals surface area contributed by atoms with Crippen molar-refractivity contribution in [3.05, 3.63) is 41.7 Å². The van der Waals surface area contributed by atoms with Crippen LogP contribution in [0.15, 0.2) is 30.5 Å². The van der Waals surface area contributed by atoms with E-state index in [1.54, 1.807) is 12.1 Å². The number of aromatic nitrogens is 3. The van der Waals surface area contributed by atoms with Crippen molar-refractivity contribution >= 4 is 0 Å². The number of nitrogens with one attached hydrogen (secondary N) is 1. The van der Waals surface area contributed by atoms with Gasteiger partial charge in [-0.3, -0.25) is 5.10 Å². The molecule has 1 heterocycles. The van der Waals surface area contributed by atoms with Gasteiger partial charge in [-0.1, -0.05) is 17.3 Å². The van der Waals surface area contributed by atoms with Crippen LogP contribution in [0.2, 0.25) is 0 Å². The number of nitrogens with zero attached hydrogens (tertiary/aromatic N) is 2. The average Bonchev–Trinajstić information content (AvgIpc) is 2.71. The number of H-pyrrole nitrogens is 1. The van der Waals surface area contributed by atoms with Crippen LogP contribution in [0, 0.1) is 0 Å². The van der Waals surface area contributed by atoms with E-state index >= 15 is 0 Å². The molecule has 0 aliphatic heterocycles. The smallest absolute Gasteiger partial charge is 0.115 e. The van der Waals surface area contributed by atoms with Crippen molar-refractivity contribution < 1.29 is 5.11 Å². The van der Waals surface area contributed by atoms with Crippen molar-refractivity contribution in [1.29, 1.82) is 0 Å². The second-order valence-electron chi connectivity index (χ2n) is 3.49. The molecule has 0 aliphatic rings. The van der Waals surface area contributed by atoms with Gasteiger partial charge >= 0.3 is 0 Å². The van der Waals surface area contributed by atoms with Crippen molar-refractivity contribution in [1.82, 2.24) is 15.4 Å². The summed E-state index contributed by atoms with van der Waals surface area (Å²) in [6.45, 7) is 0. The van der Waals surface area contributed by atoms with Gasteiger partial charge in [0.2, 0.25) is 0 Å². The van der Waals surface area contributed by atoms with Crippen LogP contribution in [0.3, 0.4) is 0 Å². The molecule has 4 heteroatoms. The Morgan fingerprint density at radius 1 is 1.27 bits per heavy atom. The molecule has 0 unspecified atom stereocenters. The lowest BCUT2D eigenvalue weighted by Crippen LogP contribution is -1.90. The Bertz CT molecular complexity index is 412. The first-order valence-electron chi connectivity index (χ1n) is 4.98. The van der Waals surface area contributed by atoms with Gasteiger partial charge in [-0.15, -0.1) is 5.10 Å². The fourth-order valence-electron chi connectivity index (χ4n) is 1.53. The molecule has 0 atom stereocenters. The Labute approximate surface area is 88.0 Å². The summed E-state index contributed by atoms with van der Waals surface area (Å²) in [6, 6.07) is 7.35. The van der Waals surface area contributed by atoms with Crippen molar-refractivity contribution in [2.75, 3.05) is 0 Å². The lowest BCUT2D eigenvalue weighted by Gasteiger charge is -2.00. The molecule has 0 amide bonds. The molecule has 1 aromatic carbocycles. The molecule has 0 aliphatic carbocycles. The minimum atomic E-state index is 0.328. The van der Waals surface area contributed by atoms with Gasteiger partial charge in [0.05, 0.1) is 5.69 Å². The molecular formula is C11H13N3O. The number of hydrogen-bond acceptors (Lipinski definition) is 3. The predicted octanol–water partition coefficient (Wildman–Crippen LogP) is 1.69. The van der Waals surface area contributed by atoms with E-state index in [1.807, 2.05) is 18.3 Å². The molecule has 2 aromatic rings. The van der Waals surface area contributed by atoms with Gasteiger partial charge in [0, 0.05) is 6.20 Å². The number of aryl methyl sites for hydroxylation is 2. The van der Waals surface area contributed by atoms with Crippen LogP contribution in [0.25, 0.3) is 0 Å². The zero-order valence-corrected chi connectivity index (χ0v) is 8.35. The summed E-state index contributed by atoms with van der Waals surface area (Å²) in [7, 11) is 0. The van der Waals surface area contributed by atoms with Crippen LogP contribution in [-0.2, 0) is 12.8 Å². The molecule has 0 saturated carbocycles. The van der Waals surface area contributed by atoms with E-state index in [9.17, 15) is 5.11 Å². The third-order valence-electron chi connectivity index (χ3n) is 2.28. The average molecular weight is 203 g/mol. The van der Waals surface area contributed by atoms with Gasteiger partial charge in [0.1, 0.15) is 5.75 Å². The van der Waals surface area contributed by atoms with Crippen LogP contribution in [0.5, 0.6) is 5.75 Å². The van der Waals surface area contributed by atoms with Crippen molar-refractivity contribution in [2.24, 2.45) is 0 Å². The zero-order valence-electron chi connectivity index (χ0n) is 8.35. The van der Waals surface area contributed by atoms with Gasteiger partial charge in [0.25, 0.3) is 0 Å². The maximum atomic E-state index is 9.27. The van der Waals surface area contributed by atoms with Gasteiger partial charge < -0.3 is 5.11 Å². The Morgan fingerprint density at radius 2 is 2.20 bits per heavy atom. The molecule has 0 radical (unpaired) electrons. The molecular weight excluding hydrogens is 190 g/mol. The fourth-order valence-corrected chi connectivity index (χ4v) is 1.53. The zero-order chi connectivity index (χ0) is 10.5. The highest BCUT2D eigenvalue weighted by Gasteiger charge is 1.98. The SMILES string of the molecule is Oc1cccc(CCCc2c[nH]nn2)c1. The number of hydrogen-bond donors (Lipinski definition) is 2. The molecule has 4 nitrogen and oxygen atoms in total. The van der Waals surface area contributed by atoms with Crippen molar-refractivity contribution in [2.45, 2.75) is 19.3 Å². The van der Waals surface area contributed by atoms with Gasteiger partial charge in [0.15, 0.2) is 0 Å². The normalized spacial score (nSPS) is 10.4. The highest BCUT2D eigenvalue weighted by Crippen LogP contribution is 2.13. The Hall–Kier alpha value is -1.84. The van der Waals surface area contributed by atoms with Crippen LogP contribution in [-0.4, -0.2) is 20.5 Å². The van der Waals surface area contributed by atoms with Crippen LogP contribution >= 0.6 is 0 Å². The first-order chi connectivity index (χ1) is 7.34. The molecule has 0 saturated heterocycles. The summed E-state index contributed by atoms with van der Waals surface area (Å²) in [4.78, 5) is 0. The number of aromatic amines is 1. The van der Waals surface area contributed by atoms with E-state index in [0.29, 0.717) is 5.75 Å². The minimum Gasteiger partial charge on any atom is -0.508 e. The molecule has 78 valence electrons. The van der Waals surface area contributed by atoms with Crippen LogP contribution < -0.4 is 0 Å². The van der Waals surface area contributed by atoms with E-state index in [2.05, 4.69) is 15.4 Å². The third-order valence-corrected chi connectivity index (χ3v) is 2.28. The predicted molar refractivity (Wildman–Crippen MR) is 56.5 cm³/mol. The second kappa shape index (κ2) is 4.59. The molecule has 1 aromatic heterocycles. The van der Waals surface area contributed by atoms with Crippen LogP contribution in [0.4, 0.5) is 0 Å². The quantitative estimate of drug-likeness (QED) is 0.794. The Balaban J connectivity index is 1.83. The Morgan fingerprint density at radius 3 is 2.93 bits per heavy atom. The number of phenolic OH excluding ortho intramolecular Hbond substituents is 1. The monoisotopic (exact) mass is 203 g/mol. The lowest BCUT2D eigenvalue weighted by molar-refractivity contribution is 0.474. The van der Waals surface area contributed by atoms with Gasteiger partial charge in [-0.2, -0.15) is 0 Å². The standard InChI is InChI=1S/C11H13N3O/c15-11-6-2-4-9(7-11)3-1-5-10-8-12-14-13-10/h2,4,6-8,15H,1,3,5H2,(H,12,13,14). The summed E-state index contributed by atoms with van der Waals surface area (Å²) >= 11 is 0. The van der Waals surface area contributed by atoms with Crippen molar-refractivity contribution in [3.63, 3.8) is 0 Å². The first-order valence-corrected chi connectivity index (χ1v) is 4.98. The van der Waals surface area contributed by atoms with Gasteiger partial charge in [-0.05, 0) is 37.0 Å². The third kappa shape index (κ3) is 2.80. The van der Waals surface area contributed by atoms with E-state index in [-0.39, 0.29) is 0 Å². The second-order valence-corrected chi connectivity index (χ2v) is 3.49. The summed E-state index contributed by atoms with van der Waals surface area (Å²) < 4.78 is 0. The highest BCUT2D eigenvalue weighted by molar-refractivity contribution is 5.27. The topological polar surface area (TPSA) is 61.8 Å². The molecule has 15 heavy (non-hydrogen) atoms. The van der Waals surface area contributed by atoms with E-state index in [0.717, 1.165) is 30.5 Å². The number of rotatable bonds is 4. The summed E-state index contributed by atoms with van der Waals surface area (Å²) in [5.74, 6) is 0.328. The maximum Gasteiger partial charge on any atom is 0.115 e.